The predicted molar refractivity (Wildman–Crippen MR) is 108 cm³/mol. The average Bonchev–Trinajstić information content (AvgIpc) is 3.34. The maximum absolute atomic E-state index is 16.0. The molecule has 5 rings (SSSR count). The zero-order valence-electron chi connectivity index (χ0n) is 15.6. The van der Waals surface area contributed by atoms with Crippen molar-refractivity contribution in [3.05, 3.63) is 77.8 Å². The first-order valence-corrected chi connectivity index (χ1v) is 9.73. The van der Waals surface area contributed by atoms with Gasteiger partial charge in [0.2, 0.25) is 0 Å². The smallest absolute Gasteiger partial charge is 0.197 e. The zero-order chi connectivity index (χ0) is 20.2. The van der Waals surface area contributed by atoms with Crippen molar-refractivity contribution >= 4 is 28.1 Å². The second-order valence-corrected chi connectivity index (χ2v) is 7.85. The Labute approximate surface area is 168 Å². The fraction of sp³-hybridized carbons (Fsp3) is 0.143. The van der Waals surface area contributed by atoms with Crippen molar-refractivity contribution in [2.45, 2.75) is 19.5 Å². The quantitative estimate of drug-likeness (QED) is 0.418. The highest BCUT2D eigenvalue weighted by Crippen LogP contribution is 2.35. The number of hydrogen-bond donors (Lipinski definition) is 0. The number of hydrogen-bond acceptors (Lipinski definition) is 5. The molecule has 0 saturated heterocycles. The summed E-state index contributed by atoms with van der Waals surface area (Å²) in [5.74, 6) is -0.552. The standard InChI is InChI=1S/C21H15F2N5S/c1-12-8-18(29-27-12)14-10-16(22)19-25-26-20(28(19)11-14)21(2,23)15-5-6-17-13(9-15)4-3-7-24-17/h3-11H,1-2H3/t21-/m1/s1. The Bertz CT molecular complexity index is 1370. The highest BCUT2D eigenvalue weighted by molar-refractivity contribution is 7.09. The molecule has 0 aliphatic heterocycles. The van der Waals surface area contributed by atoms with Crippen LogP contribution in [0.4, 0.5) is 8.78 Å². The van der Waals surface area contributed by atoms with Gasteiger partial charge < -0.3 is 0 Å². The van der Waals surface area contributed by atoms with Crippen molar-refractivity contribution in [1.82, 2.24) is 24.0 Å². The van der Waals surface area contributed by atoms with Gasteiger partial charge in [0.15, 0.2) is 23.0 Å². The molecule has 0 aliphatic rings. The summed E-state index contributed by atoms with van der Waals surface area (Å²) >= 11 is 1.26. The molecule has 0 radical (unpaired) electrons. The number of alkyl halides is 1. The summed E-state index contributed by atoms with van der Waals surface area (Å²) in [6.45, 7) is 3.27. The van der Waals surface area contributed by atoms with Gasteiger partial charge in [-0.1, -0.05) is 12.1 Å². The molecule has 4 aromatic heterocycles. The van der Waals surface area contributed by atoms with Crippen molar-refractivity contribution in [3.8, 4) is 10.4 Å². The topological polar surface area (TPSA) is 56.0 Å². The van der Waals surface area contributed by atoms with E-state index in [0.29, 0.717) is 11.1 Å². The van der Waals surface area contributed by atoms with E-state index in [1.165, 1.54) is 28.9 Å². The van der Waals surface area contributed by atoms with Crippen LogP contribution in [0.1, 0.15) is 24.0 Å². The molecule has 4 heterocycles. The van der Waals surface area contributed by atoms with Crippen LogP contribution in [0.2, 0.25) is 0 Å². The molecule has 0 amide bonds. The maximum atomic E-state index is 16.0. The number of halogens is 2. The van der Waals surface area contributed by atoms with Crippen LogP contribution in [0, 0.1) is 12.7 Å². The number of nitrogens with zero attached hydrogens (tertiary/aromatic N) is 5. The predicted octanol–water partition coefficient (Wildman–Crippen LogP) is 5.08. The second-order valence-electron chi connectivity index (χ2n) is 7.04. The Morgan fingerprint density at radius 3 is 2.76 bits per heavy atom. The van der Waals surface area contributed by atoms with Crippen LogP contribution < -0.4 is 0 Å². The van der Waals surface area contributed by atoms with Gasteiger partial charge in [-0.05, 0) is 61.3 Å². The fourth-order valence-electron chi connectivity index (χ4n) is 3.41. The Balaban J connectivity index is 1.69. The molecule has 5 nitrogen and oxygen atoms in total. The minimum Gasteiger partial charge on any atom is -0.280 e. The maximum Gasteiger partial charge on any atom is 0.197 e. The van der Waals surface area contributed by atoms with E-state index in [-0.39, 0.29) is 11.5 Å². The van der Waals surface area contributed by atoms with Gasteiger partial charge in [-0.3, -0.25) is 9.38 Å². The van der Waals surface area contributed by atoms with Gasteiger partial charge in [0.05, 0.1) is 16.1 Å². The summed E-state index contributed by atoms with van der Waals surface area (Å²) < 4.78 is 36.3. The Morgan fingerprint density at radius 1 is 1.10 bits per heavy atom. The van der Waals surface area contributed by atoms with Crippen LogP contribution in [0.15, 0.2) is 54.9 Å². The summed E-state index contributed by atoms with van der Waals surface area (Å²) in [7, 11) is 0. The lowest BCUT2D eigenvalue weighted by Crippen LogP contribution is -2.21. The summed E-state index contributed by atoms with van der Waals surface area (Å²) in [6, 6.07) is 12.1. The third-order valence-electron chi connectivity index (χ3n) is 4.94. The largest absolute Gasteiger partial charge is 0.280 e. The molecule has 1 atom stereocenters. The van der Waals surface area contributed by atoms with E-state index >= 15 is 4.39 Å². The number of benzene rings is 1. The molecule has 0 N–H and O–H groups in total. The molecule has 0 saturated carbocycles. The fourth-order valence-corrected chi connectivity index (χ4v) is 4.14. The van der Waals surface area contributed by atoms with Crippen LogP contribution in [0.5, 0.6) is 0 Å². The van der Waals surface area contributed by atoms with Crippen molar-refractivity contribution in [2.24, 2.45) is 0 Å². The highest BCUT2D eigenvalue weighted by Gasteiger charge is 2.34. The molecule has 0 fully saturated rings. The normalized spacial score (nSPS) is 13.8. The molecule has 5 aromatic rings. The van der Waals surface area contributed by atoms with E-state index in [2.05, 4.69) is 19.6 Å². The van der Waals surface area contributed by atoms with Crippen LogP contribution in [0.25, 0.3) is 27.0 Å². The van der Waals surface area contributed by atoms with Gasteiger partial charge in [-0.2, -0.15) is 4.37 Å². The molecule has 29 heavy (non-hydrogen) atoms. The van der Waals surface area contributed by atoms with Crippen molar-refractivity contribution in [2.75, 3.05) is 0 Å². The van der Waals surface area contributed by atoms with E-state index in [1.807, 2.05) is 19.1 Å². The van der Waals surface area contributed by atoms with Crippen LogP contribution >= 0.6 is 11.5 Å². The lowest BCUT2D eigenvalue weighted by atomic mass is 9.95. The van der Waals surface area contributed by atoms with E-state index < -0.39 is 11.5 Å². The molecule has 0 unspecified atom stereocenters. The van der Waals surface area contributed by atoms with E-state index in [9.17, 15) is 4.39 Å². The number of aryl methyl sites for hydroxylation is 1. The number of pyridine rings is 2. The van der Waals surface area contributed by atoms with Crippen molar-refractivity contribution < 1.29 is 8.78 Å². The van der Waals surface area contributed by atoms with Gasteiger partial charge in [0, 0.05) is 23.3 Å². The highest BCUT2D eigenvalue weighted by atomic mass is 32.1. The Hall–Kier alpha value is -3.26. The number of fused-ring (bicyclic) bond motifs is 2. The Kier molecular flexibility index (Phi) is 3.92. The molecule has 1 aromatic carbocycles. The molecular formula is C21H15F2N5S. The average molecular weight is 407 g/mol. The minimum atomic E-state index is -1.99. The van der Waals surface area contributed by atoms with Crippen LogP contribution in [-0.2, 0) is 5.67 Å². The van der Waals surface area contributed by atoms with E-state index in [4.69, 9.17) is 0 Å². The van der Waals surface area contributed by atoms with Gasteiger partial charge in [0.25, 0.3) is 0 Å². The van der Waals surface area contributed by atoms with Gasteiger partial charge in [-0.15, -0.1) is 10.2 Å². The summed E-state index contributed by atoms with van der Waals surface area (Å²) in [4.78, 5) is 5.06. The summed E-state index contributed by atoms with van der Waals surface area (Å²) in [6.07, 6.45) is 3.34. The van der Waals surface area contributed by atoms with Crippen LogP contribution in [-0.4, -0.2) is 24.0 Å². The first-order chi connectivity index (χ1) is 13.9. The molecular weight excluding hydrogens is 392 g/mol. The molecule has 0 aliphatic carbocycles. The SMILES string of the molecule is Cc1cc(-c2cc(F)c3nnc([C@](C)(F)c4ccc5ncccc5c4)n3c2)sn1. The van der Waals surface area contributed by atoms with Crippen LogP contribution in [0.3, 0.4) is 0 Å². The first-order valence-electron chi connectivity index (χ1n) is 8.96. The summed E-state index contributed by atoms with van der Waals surface area (Å²) in [5, 5.41) is 8.69. The van der Waals surface area contributed by atoms with E-state index in [1.54, 1.807) is 36.7 Å². The lowest BCUT2D eigenvalue weighted by Gasteiger charge is -2.19. The first kappa shape index (κ1) is 17.8. The molecule has 144 valence electrons. The Morgan fingerprint density at radius 2 is 1.97 bits per heavy atom. The van der Waals surface area contributed by atoms with Gasteiger partial charge in [0.1, 0.15) is 0 Å². The van der Waals surface area contributed by atoms with Crippen molar-refractivity contribution in [1.29, 1.82) is 0 Å². The van der Waals surface area contributed by atoms with E-state index in [0.717, 1.165) is 21.5 Å². The monoisotopic (exact) mass is 407 g/mol. The second kappa shape index (κ2) is 6.38. The number of rotatable bonds is 3. The lowest BCUT2D eigenvalue weighted by molar-refractivity contribution is 0.234. The summed E-state index contributed by atoms with van der Waals surface area (Å²) in [5.41, 5.74) is 0.600. The molecule has 0 bridgehead atoms. The minimum absolute atomic E-state index is 0.0118. The molecule has 0 spiro atoms. The third kappa shape index (κ3) is 2.87. The molecule has 8 heteroatoms. The van der Waals surface area contributed by atoms with Gasteiger partial charge >= 0.3 is 0 Å². The van der Waals surface area contributed by atoms with Crippen molar-refractivity contribution in [3.63, 3.8) is 0 Å². The zero-order valence-corrected chi connectivity index (χ0v) is 16.4. The van der Waals surface area contributed by atoms with Gasteiger partial charge in [-0.25, -0.2) is 8.78 Å². The third-order valence-corrected chi connectivity index (χ3v) is 5.87. The number of aromatic nitrogens is 5.